The third-order valence-electron chi connectivity index (χ3n) is 6.31. The first-order chi connectivity index (χ1) is 16.4. The maximum Gasteiger partial charge on any atom is 0.227 e. The van der Waals surface area contributed by atoms with Crippen LogP contribution in [-0.4, -0.2) is 45.1 Å². The molecule has 0 spiro atoms. The Bertz CT molecular complexity index is 1090. The Morgan fingerprint density at radius 2 is 1.85 bits per heavy atom. The molecule has 0 radical (unpaired) electrons. The smallest absolute Gasteiger partial charge is 0.227 e. The van der Waals surface area contributed by atoms with E-state index >= 15 is 0 Å². The fraction of sp³-hybridized carbons (Fsp3) is 0.429. The number of halogens is 1. The maximum absolute atomic E-state index is 13.4. The highest BCUT2D eigenvalue weighted by Crippen LogP contribution is 2.27. The number of fused-ring (bicyclic) bond motifs is 1. The van der Waals surface area contributed by atoms with Crippen LogP contribution in [0.5, 0.6) is 0 Å². The number of benzene rings is 2. The van der Waals surface area contributed by atoms with Gasteiger partial charge in [0.15, 0.2) is 0 Å². The Hall–Kier alpha value is -2.63. The summed E-state index contributed by atoms with van der Waals surface area (Å²) in [4.78, 5) is 17.9. The van der Waals surface area contributed by atoms with E-state index < -0.39 is 0 Å². The van der Waals surface area contributed by atoms with Gasteiger partial charge in [-0.25, -0.2) is 4.68 Å². The first-order valence-electron chi connectivity index (χ1n) is 12.3. The number of carbonyl (C=O) groups is 1. The van der Waals surface area contributed by atoms with Crippen molar-refractivity contribution in [2.24, 2.45) is 5.92 Å². The van der Waals surface area contributed by atoms with Gasteiger partial charge in [-0.3, -0.25) is 9.69 Å². The fourth-order valence-electron chi connectivity index (χ4n) is 4.73. The van der Waals surface area contributed by atoms with Crippen LogP contribution in [0.1, 0.15) is 49.7 Å². The van der Waals surface area contributed by atoms with Gasteiger partial charge in [0.2, 0.25) is 5.91 Å². The molecule has 0 saturated heterocycles. The number of carbonyl (C=O) groups excluding carboxylic acids is 1. The third-order valence-corrected chi connectivity index (χ3v) is 6.56. The molecule has 6 heteroatoms. The molecular weight excluding hydrogens is 444 g/mol. The van der Waals surface area contributed by atoms with Gasteiger partial charge in [0, 0.05) is 36.6 Å². The topological polar surface area (TPSA) is 41.4 Å². The van der Waals surface area contributed by atoms with Crippen LogP contribution in [0.15, 0.2) is 54.6 Å². The maximum atomic E-state index is 13.4. The molecule has 1 aliphatic heterocycles. The summed E-state index contributed by atoms with van der Waals surface area (Å²) in [6.45, 7) is 10.8. The zero-order valence-corrected chi connectivity index (χ0v) is 21.3. The van der Waals surface area contributed by atoms with E-state index in [9.17, 15) is 4.79 Å². The van der Waals surface area contributed by atoms with Crippen molar-refractivity contribution in [2.75, 3.05) is 19.6 Å². The number of rotatable bonds is 9. The van der Waals surface area contributed by atoms with Crippen molar-refractivity contribution in [3.8, 4) is 5.69 Å². The lowest BCUT2D eigenvalue weighted by molar-refractivity contribution is -0.131. The highest BCUT2D eigenvalue weighted by atomic mass is 35.5. The summed E-state index contributed by atoms with van der Waals surface area (Å²) in [6.07, 6.45) is 2.49. The SMILES string of the molecule is CCCN1CCc2c(c(CN(CC(C)C)C(=O)Cc3ccccc3)nn2-c2ccc(Cl)cc2)C1. The number of hydrogen-bond acceptors (Lipinski definition) is 3. The van der Waals surface area contributed by atoms with Crippen molar-refractivity contribution in [1.29, 1.82) is 0 Å². The van der Waals surface area contributed by atoms with Crippen LogP contribution in [0.3, 0.4) is 0 Å². The van der Waals surface area contributed by atoms with E-state index in [1.165, 1.54) is 11.3 Å². The highest BCUT2D eigenvalue weighted by molar-refractivity contribution is 6.30. The Morgan fingerprint density at radius 3 is 2.53 bits per heavy atom. The lowest BCUT2D eigenvalue weighted by atomic mass is 10.0. The van der Waals surface area contributed by atoms with Gasteiger partial charge < -0.3 is 4.90 Å². The summed E-state index contributed by atoms with van der Waals surface area (Å²) in [5.74, 6) is 0.529. The summed E-state index contributed by atoms with van der Waals surface area (Å²) in [6, 6.07) is 17.9. The summed E-state index contributed by atoms with van der Waals surface area (Å²) in [5.41, 5.74) is 5.60. The summed E-state index contributed by atoms with van der Waals surface area (Å²) >= 11 is 6.14. The molecule has 0 aliphatic carbocycles. The van der Waals surface area contributed by atoms with Gasteiger partial charge in [-0.1, -0.05) is 62.7 Å². The lowest BCUT2D eigenvalue weighted by Crippen LogP contribution is -2.36. The van der Waals surface area contributed by atoms with Crippen molar-refractivity contribution in [3.05, 3.63) is 82.1 Å². The van der Waals surface area contributed by atoms with E-state index in [2.05, 4.69) is 30.4 Å². The van der Waals surface area contributed by atoms with Crippen molar-refractivity contribution < 1.29 is 4.79 Å². The van der Waals surface area contributed by atoms with E-state index in [0.717, 1.165) is 49.4 Å². The first-order valence-corrected chi connectivity index (χ1v) is 12.7. The Morgan fingerprint density at radius 1 is 1.12 bits per heavy atom. The second-order valence-corrected chi connectivity index (χ2v) is 10.1. The molecule has 0 N–H and O–H groups in total. The molecular formula is C28H35ClN4O. The van der Waals surface area contributed by atoms with Crippen molar-refractivity contribution in [1.82, 2.24) is 19.6 Å². The number of hydrogen-bond donors (Lipinski definition) is 0. The zero-order chi connectivity index (χ0) is 24.1. The average molecular weight is 479 g/mol. The molecule has 0 atom stereocenters. The Balaban J connectivity index is 1.66. The van der Waals surface area contributed by atoms with Crippen molar-refractivity contribution in [3.63, 3.8) is 0 Å². The molecule has 0 unspecified atom stereocenters. The molecule has 1 aliphatic rings. The summed E-state index contributed by atoms with van der Waals surface area (Å²) in [7, 11) is 0. The molecule has 1 amide bonds. The van der Waals surface area contributed by atoms with Crippen molar-refractivity contribution >= 4 is 17.5 Å². The minimum Gasteiger partial charge on any atom is -0.336 e. The molecule has 4 rings (SSSR count). The highest BCUT2D eigenvalue weighted by Gasteiger charge is 2.27. The molecule has 0 saturated carbocycles. The van der Waals surface area contributed by atoms with Crippen molar-refractivity contribution in [2.45, 2.75) is 53.1 Å². The van der Waals surface area contributed by atoms with Gasteiger partial charge >= 0.3 is 0 Å². The molecule has 3 aromatic rings. The van der Waals surface area contributed by atoms with E-state index in [0.29, 0.717) is 30.5 Å². The molecule has 180 valence electrons. The summed E-state index contributed by atoms with van der Waals surface area (Å²) < 4.78 is 2.07. The van der Waals surface area contributed by atoms with Crippen LogP contribution in [0.25, 0.3) is 5.69 Å². The Kier molecular flexibility index (Phi) is 8.07. The van der Waals surface area contributed by atoms with Gasteiger partial charge in [0.25, 0.3) is 0 Å². The Labute approximate surface area is 208 Å². The predicted molar refractivity (Wildman–Crippen MR) is 138 cm³/mol. The van der Waals surface area contributed by atoms with Crippen LogP contribution in [-0.2, 0) is 30.7 Å². The average Bonchev–Trinajstić information content (AvgIpc) is 3.17. The molecule has 2 heterocycles. The van der Waals surface area contributed by atoms with Gasteiger partial charge in [0.05, 0.1) is 30.0 Å². The number of amides is 1. The van der Waals surface area contributed by atoms with Crippen LogP contribution in [0.2, 0.25) is 5.02 Å². The first kappa shape index (κ1) is 24.5. The fourth-order valence-corrected chi connectivity index (χ4v) is 4.86. The molecule has 0 bridgehead atoms. The molecule has 2 aromatic carbocycles. The number of nitrogens with zero attached hydrogens (tertiary/aromatic N) is 4. The van der Waals surface area contributed by atoms with E-state index in [1.54, 1.807) is 0 Å². The monoisotopic (exact) mass is 478 g/mol. The van der Waals surface area contributed by atoms with Gasteiger partial charge in [-0.15, -0.1) is 0 Å². The molecule has 34 heavy (non-hydrogen) atoms. The van der Waals surface area contributed by atoms with Gasteiger partial charge in [-0.05, 0) is 48.7 Å². The second kappa shape index (κ2) is 11.2. The van der Waals surface area contributed by atoms with Gasteiger partial charge in [-0.2, -0.15) is 5.10 Å². The van der Waals surface area contributed by atoms with Crippen LogP contribution in [0.4, 0.5) is 0 Å². The standard InChI is InChI=1S/C28H35ClN4O/c1-4-15-31-16-14-27-25(19-31)26(30-33(27)24-12-10-23(29)11-13-24)20-32(18-21(2)3)28(34)17-22-8-6-5-7-9-22/h5-13,21H,4,14-20H2,1-3H3. The quantitative estimate of drug-likeness (QED) is 0.406. The lowest BCUT2D eigenvalue weighted by Gasteiger charge is -2.28. The molecule has 1 aromatic heterocycles. The van der Waals surface area contributed by atoms with Crippen LogP contribution >= 0.6 is 11.6 Å². The van der Waals surface area contributed by atoms with Gasteiger partial charge in [0.1, 0.15) is 0 Å². The normalized spacial score (nSPS) is 13.8. The van der Waals surface area contributed by atoms with E-state index in [-0.39, 0.29) is 5.91 Å². The molecule has 5 nitrogen and oxygen atoms in total. The second-order valence-electron chi connectivity index (χ2n) is 9.62. The predicted octanol–water partition coefficient (Wildman–Crippen LogP) is 5.52. The minimum absolute atomic E-state index is 0.149. The molecule has 0 fully saturated rings. The van der Waals surface area contributed by atoms with E-state index in [1.807, 2.05) is 59.5 Å². The minimum atomic E-state index is 0.149. The third kappa shape index (κ3) is 5.89. The summed E-state index contributed by atoms with van der Waals surface area (Å²) in [5, 5.41) is 5.79. The van der Waals surface area contributed by atoms with E-state index in [4.69, 9.17) is 16.7 Å². The van der Waals surface area contributed by atoms with Crippen LogP contribution < -0.4 is 0 Å². The largest absolute Gasteiger partial charge is 0.336 e. The number of aromatic nitrogens is 2. The van der Waals surface area contributed by atoms with Crippen LogP contribution in [0, 0.1) is 5.92 Å². The zero-order valence-electron chi connectivity index (χ0n) is 20.5.